The molecule has 23 heavy (non-hydrogen) atoms. The van der Waals surface area contributed by atoms with Crippen molar-refractivity contribution in [2.75, 3.05) is 20.2 Å². The number of hydrogen-bond acceptors (Lipinski definition) is 3. The molecule has 1 aromatic carbocycles. The van der Waals surface area contributed by atoms with Crippen molar-refractivity contribution in [2.24, 2.45) is 17.6 Å². The van der Waals surface area contributed by atoms with Gasteiger partial charge in [0, 0.05) is 43.6 Å². The van der Waals surface area contributed by atoms with Gasteiger partial charge in [-0.1, -0.05) is 18.6 Å². The van der Waals surface area contributed by atoms with Gasteiger partial charge >= 0.3 is 0 Å². The zero-order chi connectivity index (χ0) is 16.0. The second kappa shape index (κ2) is 5.60. The zero-order valence-electron chi connectivity index (χ0n) is 13.8. The average molecular weight is 314 g/mol. The van der Waals surface area contributed by atoms with E-state index in [-0.39, 0.29) is 11.5 Å². The minimum Gasteiger partial charge on any atom is -0.373 e. The molecule has 4 nitrogen and oxygen atoms in total. The summed E-state index contributed by atoms with van der Waals surface area (Å²) in [5.41, 5.74) is 6.96. The van der Waals surface area contributed by atoms with Crippen LogP contribution in [0.5, 0.6) is 0 Å². The van der Waals surface area contributed by atoms with E-state index < -0.39 is 0 Å². The van der Waals surface area contributed by atoms with Gasteiger partial charge in [-0.2, -0.15) is 0 Å². The molecule has 2 aliphatic carbocycles. The number of ether oxygens (including phenoxy) is 1. The third kappa shape index (κ3) is 2.39. The van der Waals surface area contributed by atoms with Crippen LogP contribution in [0.15, 0.2) is 24.3 Å². The molecule has 3 aliphatic rings. The molecule has 1 amide bonds. The van der Waals surface area contributed by atoms with Gasteiger partial charge in [0.2, 0.25) is 5.91 Å². The summed E-state index contributed by atoms with van der Waals surface area (Å²) >= 11 is 0. The molecule has 2 N–H and O–H groups in total. The maximum Gasteiger partial charge on any atom is 0.248 e. The predicted octanol–water partition coefficient (Wildman–Crippen LogP) is 2.52. The van der Waals surface area contributed by atoms with Crippen LogP contribution in [-0.2, 0) is 10.3 Å². The number of likely N-dealkylation sites (tertiary alicyclic amines) is 1. The Labute approximate surface area is 138 Å². The number of carbonyl (C=O) groups is 1. The Morgan fingerprint density at radius 2 is 1.91 bits per heavy atom. The van der Waals surface area contributed by atoms with Crippen LogP contribution in [0, 0.1) is 11.8 Å². The third-order valence-corrected chi connectivity index (χ3v) is 6.23. The molecule has 0 spiro atoms. The first-order chi connectivity index (χ1) is 11.1. The molecule has 3 atom stereocenters. The van der Waals surface area contributed by atoms with Gasteiger partial charge in [0.15, 0.2) is 0 Å². The van der Waals surface area contributed by atoms with E-state index in [1.165, 1.54) is 32.1 Å². The molecule has 0 radical (unpaired) electrons. The van der Waals surface area contributed by atoms with Crippen molar-refractivity contribution in [3.63, 3.8) is 0 Å². The van der Waals surface area contributed by atoms with E-state index in [0.29, 0.717) is 17.4 Å². The minimum absolute atomic E-state index is 0.255. The fourth-order valence-electron chi connectivity index (χ4n) is 5.04. The Balaban J connectivity index is 1.73. The number of fused-ring (bicyclic) bond motifs is 2. The van der Waals surface area contributed by atoms with E-state index >= 15 is 0 Å². The van der Waals surface area contributed by atoms with Crippen LogP contribution in [0.3, 0.4) is 0 Å². The van der Waals surface area contributed by atoms with E-state index in [9.17, 15) is 4.79 Å². The molecule has 4 heteroatoms. The highest BCUT2D eigenvalue weighted by Gasteiger charge is 2.54. The second-order valence-electron chi connectivity index (χ2n) is 7.45. The molecular weight excluding hydrogens is 288 g/mol. The molecule has 1 aliphatic heterocycles. The number of rotatable bonds is 4. The third-order valence-electron chi connectivity index (χ3n) is 6.23. The lowest BCUT2D eigenvalue weighted by atomic mass is 9.62. The van der Waals surface area contributed by atoms with Crippen molar-refractivity contribution in [1.29, 1.82) is 0 Å². The van der Waals surface area contributed by atoms with E-state index in [0.717, 1.165) is 24.7 Å². The Kier molecular flexibility index (Phi) is 3.69. The molecule has 1 saturated heterocycles. The second-order valence-corrected chi connectivity index (χ2v) is 7.45. The van der Waals surface area contributed by atoms with Gasteiger partial charge in [-0.3, -0.25) is 9.69 Å². The first-order valence-electron chi connectivity index (χ1n) is 8.84. The van der Waals surface area contributed by atoms with Crippen LogP contribution in [-0.4, -0.2) is 37.0 Å². The summed E-state index contributed by atoms with van der Waals surface area (Å²) in [5.74, 6) is 0.645. The van der Waals surface area contributed by atoms with Crippen LogP contribution in [0.4, 0.5) is 0 Å². The van der Waals surface area contributed by atoms with Gasteiger partial charge in [-0.05, 0) is 43.4 Å². The highest BCUT2D eigenvalue weighted by atomic mass is 16.5. The molecule has 124 valence electrons. The molecule has 4 rings (SSSR count). The van der Waals surface area contributed by atoms with E-state index in [2.05, 4.69) is 11.0 Å². The Hall–Kier alpha value is -1.39. The molecule has 1 heterocycles. The first-order valence-corrected chi connectivity index (χ1v) is 8.84. The number of piperidine rings is 1. The number of carbonyl (C=O) groups excluding carboxylic acids is 1. The zero-order valence-corrected chi connectivity index (χ0v) is 13.8. The topological polar surface area (TPSA) is 55.6 Å². The van der Waals surface area contributed by atoms with Gasteiger partial charge in [-0.25, -0.2) is 0 Å². The Morgan fingerprint density at radius 3 is 2.48 bits per heavy atom. The number of primary amides is 1. The predicted molar refractivity (Wildman–Crippen MR) is 89.1 cm³/mol. The van der Waals surface area contributed by atoms with Gasteiger partial charge in [0.25, 0.3) is 0 Å². The van der Waals surface area contributed by atoms with Crippen LogP contribution in [0.2, 0.25) is 0 Å². The summed E-state index contributed by atoms with van der Waals surface area (Å²) in [6.45, 7) is 2.24. The van der Waals surface area contributed by atoms with Crippen LogP contribution >= 0.6 is 0 Å². The Morgan fingerprint density at radius 1 is 1.22 bits per heavy atom. The van der Waals surface area contributed by atoms with Crippen LogP contribution in [0.1, 0.15) is 48.0 Å². The van der Waals surface area contributed by atoms with Gasteiger partial charge < -0.3 is 10.5 Å². The number of benzene rings is 1. The maximum atomic E-state index is 11.6. The summed E-state index contributed by atoms with van der Waals surface area (Å²) in [6, 6.07) is 8.63. The Bertz CT molecular complexity index is 597. The molecule has 2 saturated carbocycles. The van der Waals surface area contributed by atoms with Crippen LogP contribution in [0.25, 0.3) is 0 Å². The molecule has 3 fully saturated rings. The highest BCUT2D eigenvalue weighted by Crippen LogP contribution is 2.52. The largest absolute Gasteiger partial charge is 0.373 e. The summed E-state index contributed by atoms with van der Waals surface area (Å²) in [7, 11) is 1.84. The molecule has 1 aromatic rings. The van der Waals surface area contributed by atoms with Gasteiger partial charge in [0.1, 0.15) is 5.60 Å². The SMILES string of the molecule is CO[C@]1(c2cccc(C(N)=O)c2)[C@@H]2CCC[C@H]1CN(C1CC1)C2. The number of amides is 1. The summed E-state index contributed by atoms with van der Waals surface area (Å²) in [4.78, 5) is 14.3. The fourth-order valence-corrected chi connectivity index (χ4v) is 5.04. The summed E-state index contributed by atoms with van der Waals surface area (Å²) in [6.07, 6.45) is 6.41. The highest BCUT2D eigenvalue weighted by molar-refractivity contribution is 5.92. The summed E-state index contributed by atoms with van der Waals surface area (Å²) < 4.78 is 6.24. The number of hydrogen-bond donors (Lipinski definition) is 1. The quantitative estimate of drug-likeness (QED) is 0.929. The lowest BCUT2D eigenvalue weighted by Crippen LogP contribution is -2.59. The first kappa shape index (κ1) is 15.2. The van der Waals surface area contributed by atoms with Crippen molar-refractivity contribution < 1.29 is 9.53 Å². The molecule has 2 bridgehead atoms. The number of nitrogens with zero attached hydrogens (tertiary/aromatic N) is 1. The average Bonchev–Trinajstić information content (AvgIpc) is 3.38. The summed E-state index contributed by atoms with van der Waals surface area (Å²) in [5, 5.41) is 0. The van der Waals surface area contributed by atoms with Crippen molar-refractivity contribution in [3.8, 4) is 0 Å². The van der Waals surface area contributed by atoms with E-state index in [1.54, 1.807) is 6.07 Å². The number of methoxy groups -OCH3 is 1. The van der Waals surface area contributed by atoms with Gasteiger partial charge in [0.05, 0.1) is 0 Å². The lowest BCUT2D eigenvalue weighted by Gasteiger charge is -2.55. The smallest absolute Gasteiger partial charge is 0.248 e. The van der Waals surface area contributed by atoms with Crippen molar-refractivity contribution in [1.82, 2.24) is 4.90 Å². The molecular formula is C19H26N2O2. The van der Waals surface area contributed by atoms with Gasteiger partial charge in [-0.15, -0.1) is 0 Å². The van der Waals surface area contributed by atoms with Crippen molar-refractivity contribution >= 4 is 5.91 Å². The number of nitrogens with two attached hydrogens (primary N) is 1. The van der Waals surface area contributed by atoms with E-state index in [1.807, 2.05) is 19.2 Å². The molecule has 0 aromatic heterocycles. The normalized spacial score (nSPS) is 34.3. The van der Waals surface area contributed by atoms with E-state index in [4.69, 9.17) is 10.5 Å². The standard InChI is InChI=1S/C19H26N2O2/c1-23-19(14-5-2-4-13(10-14)18(20)22)15-6-3-7-16(19)12-21(11-15)17-8-9-17/h2,4-5,10,15-17H,3,6-9,11-12H2,1H3,(H2,20,22)/t15-,16+,19-. The monoisotopic (exact) mass is 314 g/mol. The minimum atomic E-state index is -0.362. The van der Waals surface area contributed by atoms with Crippen molar-refractivity contribution in [2.45, 2.75) is 43.7 Å². The molecule has 0 unspecified atom stereocenters. The maximum absolute atomic E-state index is 11.6. The van der Waals surface area contributed by atoms with Crippen LogP contribution < -0.4 is 5.73 Å². The lowest BCUT2D eigenvalue weighted by molar-refractivity contribution is -0.170. The van der Waals surface area contributed by atoms with Crippen molar-refractivity contribution in [3.05, 3.63) is 35.4 Å². The fraction of sp³-hybridized carbons (Fsp3) is 0.632.